The smallest absolute Gasteiger partial charge is 0.150 e. The molecular formula is C10H11BrN4. The van der Waals surface area contributed by atoms with Crippen molar-refractivity contribution in [2.45, 2.75) is 13.5 Å². The highest BCUT2D eigenvalue weighted by atomic mass is 79.9. The number of nitrogens with zero attached hydrogens (tertiary/aromatic N) is 3. The van der Waals surface area contributed by atoms with Gasteiger partial charge in [-0.2, -0.15) is 0 Å². The Morgan fingerprint density at radius 2 is 2.27 bits per heavy atom. The molecule has 2 rings (SSSR count). The number of hydrogen-bond donors (Lipinski definition) is 1. The van der Waals surface area contributed by atoms with Gasteiger partial charge in [-0.3, -0.25) is 0 Å². The lowest BCUT2D eigenvalue weighted by atomic mass is 10.1. The summed E-state index contributed by atoms with van der Waals surface area (Å²) >= 11 is 3.41. The van der Waals surface area contributed by atoms with Crippen molar-refractivity contribution >= 4 is 21.7 Å². The normalized spacial score (nSPS) is 10.5. The Labute approximate surface area is 96.2 Å². The van der Waals surface area contributed by atoms with Crippen LogP contribution in [0.4, 0.5) is 5.82 Å². The molecule has 1 aromatic heterocycles. The number of hydrogen-bond acceptors (Lipinski definition) is 3. The van der Waals surface area contributed by atoms with E-state index in [4.69, 9.17) is 5.73 Å². The molecule has 0 radical (unpaired) electrons. The summed E-state index contributed by atoms with van der Waals surface area (Å²) in [4.78, 5) is 0. The van der Waals surface area contributed by atoms with E-state index in [-0.39, 0.29) is 0 Å². The largest absolute Gasteiger partial charge is 0.382 e. The van der Waals surface area contributed by atoms with Crippen molar-refractivity contribution in [2.24, 2.45) is 0 Å². The number of benzene rings is 1. The number of aryl methyl sites for hydroxylation is 1. The first-order valence-electron chi connectivity index (χ1n) is 4.67. The summed E-state index contributed by atoms with van der Waals surface area (Å²) in [6, 6.07) is 7.85. The molecule has 15 heavy (non-hydrogen) atoms. The zero-order valence-corrected chi connectivity index (χ0v) is 9.90. The second kappa shape index (κ2) is 4.02. The third-order valence-electron chi connectivity index (χ3n) is 2.17. The minimum atomic E-state index is 0.607. The predicted octanol–water partition coefficient (Wildman–Crippen LogP) is 2.31. The lowest BCUT2D eigenvalue weighted by Gasteiger charge is -2.00. The molecule has 5 heteroatoms. The van der Waals surface area contributed by atoms with E-state index in [2.05, 4.69) is 26.2 Å². The van der Waals surface area contributed by atoms with Crippen LogP contribution in [0.15, 0.2) is 28.7 Å². The van der Waals surface area contributed by atoms with E-state index in [0.29, 0.717) is 5.82 Å². The standard InChI is InChI=1S/C10H11BrN4/c1-2-15-10(12)9(13-14-15)7-4-3-5-8(11)6-7/h3-6H,2,12H2,1H3. The van der Waals surface area contributed by atoms with Gasteiger partial charge in [0.15, 0.2) is 0 Å². The SMILES string of the molecule is CCn1nnc(-c2cccc(Br)c2)c1N. The molecule has 0 amide bonds. The first kappa shape index (κ1) is 10.2. The van der Waals surface area contributed by atoms with E-state index >= 15 is 0 Å². The lowest BCUT2D eigenvalue weighted by Crippen LogP contribution is -2.02. The Balaban J connectivity index is 2.49. The van der Waals surface area contributed by atoms with Gasteiger partial charge < -0.3 is 5.73 Å². The highest BCUT2D eigenvalue weighted by molar-refractivity contribution is 9.10. The topological polar surface area (TPSA) is 56.7 Å². The van der Waals surface area contributed by atoms with Crippen LogP contribution in [0.25, 0.3) is 11.3 Å². The van der Waals surface area contributed by atoms with E-state index in [9.17, 15) is 0 Å². The Morgan fingerprint density at radius 1 is 1.47 bits per heavy atom. The van der Waals surface area contributed by atoms with Gasteiger partial charge in [-0.1, -0.05) is 33.3 Å². The minimum Gasteiger partial charge on any atom is -0.382 e. The number of aromatic nitrogens is 3. The van der Waals surface area contributed by atoms with E-state index in [1.807, 2.05) is 31.2 Å². The molecule has 1 aromatic carbocycles. The molecule has 0 aliphatic rings. The number of rotatable bonds is 2. The third-order valence-corrected chi connectivity index (χ3v) is 2.66. The fourth-order valence-corrected chi connectivity index (χ4v) is 1.79. The fourth-order valence-electron chi connectivity index (χ4n) is 1.40. The Kier molecular flexibility index (Phi) is 2.73. The van der Waals surface area contributed by atoms with Crippen LogP contribution in [-0.2, 0) is 6.54 Å². The van der Waals surface area contributed by atoms with Crippen molar-refractivity contribution in [1.82, 2.24) is 15.0 Å². The second-order valence-corrected chi connectivity index (χ2v) is 4.07. The Bertz CT molecular complexity index is 478. The van der Waals surface area contributed by atoms with Crippen LogP contribution < -0.4 is 5.73 Å². The quantitative estimate of drug-likeness (QED) is 0.908. The molecular weight excluding hydrogens is 256 g/mol. The van der Waals surface area contributed by atoms with E-state index in [0.717, 1.165) is 22.3 Å². The fraction of sp³-hybridized carbons (Fsp3) is 0.200. The van der Waals surface area contributed by atoms with Crippen LogP contribution in [0.2, 0.25) is 0 Å². The van der Waals surface area contributed by atoms with Gasteiger partial charge in [0.1, 0.15) is 11.5 Å². The van der Waals surface area contributed by atoms with Gasteiger partial charge in [-0.15, -0.1) is 5.10 Å². The lowest BCUT2D eigenvalue weighted by molar-refractivity contribution is 0.635. The Morgan fingerprint density at radius 3 is 2.87 bits per heavy atom. The van der Waals surface area contributed by atoms with Gasteiger partial charge in [-0.05, 0) is 19.1 Å². The van der Waals surface area contributed by atoms with Crippen molar-refractivity contribution < 1.29 is 0 Å². The van der Waals surface area contributed by atoms with Crippen LogP contribution in [0.3, 0.4) is 0 Å². The summed E-state index contributed by atoms with van der Waals surface area (Å²) in [6.07, 6.45) is 0. The maximum atomic E-state index is 5.92. The second-order valence-electron chi connectivity index (χ2n) is 3.15. The van der Waals surface area contributed by atoms with Gasteiger partial charge >= 0.3 is 0 Å². The third kappa shape index (κ3) is 1.87. The summed E-state index contributed by atoms with van der Waals surface area (Å²) in [7, 11) is 0. The maximum absolute atomic E-state index is 5.92. The number of halogens is 1. The van der Waals surface area contributed by atoms with E-state index in [1.54, 1.807) is 4.68 Å². The summed E-state index contributed by atoms with van der Waals surface area (Å²) in [5.41, 5.74) is 7.63. The molecule has 0 saturated heterocycles. The van der Waals surface area contributed by atoms with Gasteiger partial charge in [0, 0.05) is 16.6 Å². The summed E-state index contributed by atoms with van der Waals surface area (Å²) in [5, 5.41) is 8.03. The van der Waals surface area contributed by atoms with Crippen molar-refractivity contribution in [3.05, 3.63) is 28.7 Å². The molecule has 1 heterocycles. The molecule has 0 fully saturated rings. The molecule has 2 N–H and O–H groups in total. The predicted molar refractivity (Wildman–Crippen MR) is 63.2 cm³/mol. The average molecular weight is 267 g/mol. The van der Waals surface area contributed by atoms with Crippen LogP contribution >= 0.6 is 15.9 Å². The zero-order chi connectivity index (χ0) is 10.8. The molecule has 0 unspecified atom stereocenters. The van der Waals surface area contributed by atoms with Crippen molar-refractivity contribution in [3.63, 3.8) is 0 Å². The van der Waals surface area contributed by atoms with E-state index < -0.39 is 0 Å². The molecule has 78 valence electrons. The Hall–Kier alpha value is -1.36. The highest BCUT2D eigenvalue weighted by Crippen LogP contribution is 2.25. The summed E-state index contributed by atoms with van der Waals surface area (Å²) in [6.45, 7) is 2.71. The molecule has 0 saturated carbocycles. The molecule has 0 bridgehead atoms. The first-order valence-corrected chi connectivity index (χ1v) is 5.46. The maximum Gasteiger partial charge on any atom is 0.150 e. The van der Waals surface area contributed by atoms with Gasteiger partial charge in [0.2, 0.25) is 0 Å². The summed E-state index contributed by atoms with van der Waals surface area (Å²) < 4.78 is 2.68. The average Bonchev–Trinajstić information content (AvgIpc) is 2.59. The van der Waals surface area contributed by atoms with Crippen molar-refractivity contribution in [3.8, 4) is 11.3 Å². The number of nitrogen functional groups attached to an aromatic ring is 1. The molecule has 2 aromatic rings. The van der Waals surface area contributed by atoms with Gasteiger partial charge in [0.25, 0.3) is 0 Å². The van der Waals surface area contributed by atoms with Crippen molar-refractivity contribution in [2.75, 3.05) is 5.73 Å². The molecule has 0 atom stereocenters. The number of nitrogens with two attached hydrogens (primary N) is 1. The minimum absolute atomic E-state index is 0.607. The highest BCUT2D eigenvalue weighted by Gasteiger charge is 2.10. The molecule has 0 aliphatic carbocycles. The van der Waals surface area contributed by atoms with Gasteiger partial charge in [0.05, 0.1) is 0 Å². The van der Waals surface area contributed by atoms with Crippen LogP contribution in [-0.4, -0.2) is 15.0 Å². The van der Waals surface area contributed by atoms with Crippen LogP contribution in [0.1, 0.15) is 6.92 Å². The van der Waals surface area contributed by atoms with E-state index in [1.165, 1.54) is 0 Å². The van der Waals surface area contributed by atoms with Crippen molar-refractivity contribution in [1.29, 1.82) is 0 Å². The van der Waals surface area contributed by atoms with Crippen LogP contribution in [0.5, 0.6) is 0 Å². The monoisotopic (exact) mass is 266 g/mol. The zero-order valence-electron chi connectivity index (χ0n) is 8.31. The molecule has 0 aliphatic heterocycles. The summed E-state index contributed by atoms with van der Waals surface area (Å²) in [5.74, 6) is 0.607. The number of anilines is 1. The molecule has 4 nitrogen and oxygen atoms in total. The van der Waals surface area contributed by atoms with Gasteiger partial charge in [-0.25, -0.2) is 4.68 Å². The van der Waals surface area contributed by atoms with Crippen LogP contribution in [0, 0.1) is 0 Å². The molecule has 0 spiro atoms. The first-order chi connectivity index (χ1) is 7.22.